The fourth-order valence-corrected chi connectivity index (χ4v) is 2.97. The average molecular weight is 338 g/mol. The molecule has 0 aromatic heterocycles. The summed E-state index contributed by atoms with van der Waals surface area (Å²) in [6.45, 7) is 6.76. The summed E-state index contributed by atoms with van der Waals surface area (Å²) in [5, 5.41) is 13.9. The zero-order chi connectivity index (χ0) is 18.4. The van der Waals surface area contributed by atoms with Crippen molar-refractivity contribution in [2.45, 2.75) is 84.1 Å². The van der Waals surface area contributed by atoms with Crippen LogP contribution in [0.25, 0.3) is 0 Å². The van der Waals surface area contributed by atoms with E-state index in [1.54, 1.807) is 0 Å². The maximum atomic E-state index is 8.56. The van der Waals surface area contributed by atoms with Crippen molar-refractivity contribution >= 4 is 6.16 Å². The molecule has 0 aliphatic heterocycles. The van der Waals surface area contributed by atoms with E-state index in [4.69, 9.17) is 20.7 Å². The monoisotopic (exact) mass is 337 g/mol. The Labute approximate surface area is 147 Å². The van der Waals surface area contributed by atoms with Crippen molar-refractivity contribution in [2.24, 2.45) is 5.73 Å². The Balaban J connectivity index is 0.00000118. The molecule has 0 aliphatic rings. The predicted molar refractivity (Wildman–Crippen MR) is 101 cm³/mol. The summed E-state index contributed by atoms with van der Waals surface area (Å²) >= 11 is 0. The van der Waals surface area contributed by atoms with Crippen LogP contribution in [-0.2, 0) is 12.0 Å². The third-order valence-corrected chi connectivity index (χ3v) is 4.31. The first-order chi connectivity index (χ1) is 11.4. The molecule has 0 spiro atoms. The smallest absolute Gasteiger partial charge is 0.450 e. The van der Waals surface area contributed by atoms with E-state index in [9.17, 15) is 0 Å². The molecule has 0 radical (unpaired) electrons. The van der Waals surface area contributed by atoms with Gasteiger partial charge >= 0.3 is 6.16 Å². The molecule has 0 aliphatic carbocycles. The number of carbonyl (C=O) groups is 1. The number of benzene rings is 1. The van der Waals surface area contributed by atoms with E-state index in [-0.39, 0.29) is 5.54 Å². The normalized spacial score (nSPS) is 10.8. The third kappa shape index (κ3) is 8.92. The Morgan fingerprint density at radius 2 is 1.42 bits per heavy atom. The average Bonchev–Trinajstić information content (AvgIpc) is 2.56. The molecule has 24 heavy (non-hydrogen) atoms. The lowest BCUT2D eigenvalue weighted by Gasteiger charge is -2.32. The van der Waals surface area contributed by atoms with Crippen LogP contribution in [0.3, 0.4) is 0 Å². The molecule has 0 fully saturated rings. The summed E-state index contributed by atoms with van der Waals surface area (Å²) in [5.74, 6) is 0. The van der Waals surface area contributed by atoms with Crippen LogP contribution in [0.2, 0.25) is 0 Å². The topological polar surface area (TPSA) is 83.6 Å². The lowest BCUT2D eigenvalue weighted by Crippen LogP contribution is -2.37. The maximum absolute atomic E-state index is 8.56. The summed E-state index contributed by atoms with van der Waals surface area (Å²) in [4.78, 5) is 8.56. The second-order valence-corrected chi connectivity index (χ2v) is 6.41. The highest BCUT2D eigenvalue weighted by molar-refractivity contribution is 5.53. The van der Waals surface area contributed by atoms with Gasteiger partial charge in [0.15, 0.2) is 0 Å². The zero-order valence-electron chi connectivity index (χ0n) is 15.6. The molecule has 0 unspecified atom stereocenters. The van der Waals surface area contributed by atoms with Gasteiger partial charge in [-0.3, -0.25) is 0 Å². The van der Waals surface area contributed by atoms with Crippen LogP contribution in [-0.4, -0.2) is 16.4 Å². The van der Waals surface area contributed by atoms with E-state index >= 15 is 0 Å². The Hall–Kier alpha value is -1.55. The minimum absolute atomic E-state index is 0.115. The van der Waals surface area contributed by atoms with Gasteiger partial charge in [0.25, 0.3) is 0 Å². The van der Waals surface area contributed by atoms with E-state index < -0.39 is 6.16 Å². The van der Waals surface area contributed by atoms with Crippen molar-refractivity contribution in [3.05, 3.63) is 35.4 Å². The number of aryl methyl sites for hydroxylation is 1. The Bertz CT molecular complexity index is 448. The predicted octanol–water partition coefficient (Wildman–Crippen LogP) is 5.79. The summed E-state index contributed by atoms with van der Waals surface area (Å²) in [7, 11) is 0. The van der Waals surface area contributed by atoms with Crippen LogP contribution in [0.4, 0.5) is 4.79 Å². The van der Waals surface area contributed by atoms with Gasteiger partial charge in [0, 0.05) is 5.54 Å². The van der Waals surface area contributed by atoms with E-state index in [1.807, 2.05) is 0 Å². The minimum atomic E-state index is -1.83. The van der Waals surface area contributed by atoms with Gasteiger partial charge in [-0.05, 0) is 36.8 Å². The molecule has 0 amide bonds. The molecule has 0 bridgehead atoms. The number of carboxylic acid groups (broad SMARTS) is 2. The minimum Gasteiger partial charge on any atom is -0.450 e. The van der Waals surface area contributed by atoms with Gasteiger partial charge in [-0.2, -0.15) is 0 Å². The van der Waals surface area contributed by atoms with Gasteiger partial charge in [-0.1, -0.05) is 77.1 Å². The standard InChI is InChI=1S/C19H33N.CH2O3/c1-4-7-12-17-13-10-11-14-18(17)19(20,15-8-5-2)16-9-6-3;2-1(3)4/h10-11,13-14H,4-9,12,15-16,20H2,1-3H3;(H2,2,3,4). The molecule has 4 N–H and O–H groups in total. The quantitative estimate of drug-likeness (QED) is 0.505. The number of nitrogens with two attached hydrogens (primary N) is 1. The highest BCUT2D eigenvalue weighted by Crippen LogP contribution is 2.33. The van der Waals surface area contributed by atoms with Crippen molar-refractivity contribution in [1.29, 1.82) is 0 Å². The fourth-order valence-electron chi connectivity index (χ4n) is 2.97. The first-order valence-corrected chi connectivity index (χ1v) is 9.20. The number of hydrogen-bond acceptors (Lipinski definition) is 2. The van der Waals surface area contributed by atoms with Gasteiger partial charge in [0.2, 0.25) is 0 Å². The van der Waals surface area contributed by atoms with E-state index in [2.05, 4.69) is 45.0 Å². The van der Waals surface area contributed by atoms with E-state index in [0.717, 1.165) is 12.8 Å². The van der Waals surface area contributed by atoms with Crippen LogP contribution in [0.15, 0.2) is 24.3 Å². The van der Waals surface area contributed by atoms with Crippen LogP contribution in [0, 0.1) is 0 Å². The van der Waals surface area contributed by atoms with Crippen molar-refractivity contribution in [3.8, 4) is 0 Å². The lowest BCUT2D eigenvalue weighted by atomic mass is 9.78. The first kappa shape index (κ1) is 22.4. The van der Waals surface area contributed by atoms with Gasteiger partial charge in [-0.25, -0.2) is 4.79 Å². The van der Waals surface area contributed by atoms with E-state index in [1.165, 1.54) is 56.1 Å². The molecule has 0 atom stereocenters. The highest BCUT2D eigenvalue weighted by atomic mass is 16.6. The summed E-state index contributed by atoms with van der Waals surface area (Å²) in [6, 6.07) is 8.87. The number of unbranched alkanes of at least 4 members (excludes halogenated alkanes) is 3. The molecular formula is C20H35NO3. The second-order valence-electron chi connectivity index (χ2n) is 6.41. The number of rotatable bonds is 10. The van der Waals surface area contributed by atoms with Crippen LogP contribution in [0.1, 0.15) is 83.3 Å². The van der Waals surface area contributed by atoms with Gasteiger partial charge in [-0.15, -0.1) is 0 Å². The van der Waals surface area contributed by atoms with Crippen molar-refractivity contribution in [2.75, 3.05) is 0 Å². The van der Waals surface area contributed by atoms with E-state index in [0.29, 0.717) is 0 Å². The maximum Gasteiger partial charge on any atom is 0.503 e. The highest BCUT2D eigenvalue weighted by Gasteiger charge is 2.27. The number of hydrogen-bond donors (Lipinski definition) is 3. The van der Waals surface area contributed by atoms with Crippen molar-refractivity contribution < 1.29 is 15.0 Å². The molecule has 138 valence electrons. The molecular weight excluding hydrogens is 302 g/mol. The summed E-state index contributed by atoms with van der Waals surface area (Å²) < 4.78 is 0. The Kier molecular flexibility index (Phi) is 12.0. The Morgan fingerprint density at radius 1 is 0.958 bits per heavy atom. The molecule has 0 saturated heterocycles. The van der Waals surface area contributed by atoms with Crippen LogP contribution in [0.5, 0.6) is 0 Å². The van der Waals surface area contributed by atoms with Gasteiger partial charge in [0.1, 0.15) is 0 Å². The molecule has 1 aromatic carbocycles. The summed E-state index contributed by atoms with van der Waals surface area (Å²) in [6.07, 6.45) is 8.97. The summed E-state index contributed by atoms with van der Waals surface area (Å²) in [5.41, 5.74) is 9.64. The second kappa shape index (κ2) is 12.8. The molecule has 0 saturated carbocycles. The van der Waals surface area contributed by atoms with Crippen molar-refractivity contribution in [3.63, 3.8) is 0 Å². The van der Waals surface area contributed by atoms with Crippen LogP contribution < -0.4 is 5.73 Å². The lowest BCUT2D eigenvalue weighted by molar-refractivity contribution is 0.137. The zero-order valence-corrected chi connectivity index (χ0v) is 15.6. The molecule has 0 heterocycles. The fraction of sp³-hybridized carbons (Fsp3) is 0.650. The molecule has 1 aromatic rings. The largest absolute Gasteiger partial charge is 0.503 e. The SMILES string of the molecule is CCCCc1ccccc1C(N)(CCCC)CCCC.O=C(O)O. The Morgan fingerprint density at radius 3 is 1.88 bits per heavy atom. The van der Waals surface area contributed by atoms with Gasteiger partial charge < -0.3 is 15.9 Å². The van der Waals surface area contributed by atoms with Crippen LogP contribution >= 0.6 is 0 Å². The first-order valence-electron chi connectivity index (χ1n) is 9.20. The molecule has 4 nitrogen and oxygen atoms in total. The molecule has 1 rings (SSSR count). The van der Waals surface area contributed by atoms with Crippen molar-refractivity contribution in [1.82, 2.24) is 0 Å². The molecule has 4 heteroatoms. The third-order valence-electron chi connectivity index (χ3n) is 4.31. The van der Waals surface area contributed by atoms with Gasteiger partial charge in [0.05, 0.1) is 0 Å².